The molecule has 1 unspecified atom stereocenters. The zero-order chi connectivity index (χ0) is 23.8. The minimum absolute atomic E-state index is 0.150. The molecular formula is C28H38N2O4. The van der Waals surface area contributed by atoms with Gasteiger partial charge in [0.05, 0.1) is 12.3 Å². The molecule has 0 amide bonds. The zero-order valence-corrected chi connectivity index (χ0v) is 20.4. The Kier molecular flexibility index (Phi) is 11.3. The van der Waals surface area contributed by atoms with Gasteiger partial charge in [-0.25, -0.2) is 5.01 Å². The lowest BCUT2D eigenvalue weighted by molar-refractivity contribution is -0.114. The second-order valence-electron chi connectivity index (χ2n) is 8.65. The van der Waals surface area contributed by atoms with Crippen LogP contribution < -0.4 is 9.75 Å². The number of nitrogens with zero attached hydrogens (tertiary/aromatic N) is 2. The van der Waals surface area contributed by atoms with Crippen LogP contribution in [0.15, 0.2) is 59.7 Å². The molecule has 0 saturated heterocycles. The van der Waals surface area contributed by atoms with Gasteiger partial charge >= 0.3 is 6.08 Å². The Morgan fingerprint density at radius 3 is 2.15 bits per heavy atom. The molecule has 0 saturated carbocycles. The van der Waals surface area contributed by atoms with Crippen molar-refractivity contribution in [2.75, 3.05) is 11.6 Å². The molecule has 1 atom stereocenters. The predicted molar refractivity (Wildman–Crippen MR) is 136 cm³/mol. The third-order valence-electron chi connectivity index (χ3n) is 5.84. The SMILES string of the molecule is CCCCCCCCCCCCOC1=NN(c2ccc(OCc3ccccc3)cc2)C(C=O)O1. The summed E-state index contributed by atoms with van der Waals surface area (Å²) in [5, 5.41) is 5.88. The fourth-order valence-electron chi connectivity index (χ4n) is 3.86. The van der Waals surface area contributed by atoms with E-state index in [0.717, 1.165) is 36.1 Å². The van der Waals surface area contributed by atoms with E-state index < -0.39 is 6.23 Å². The lowest BCUT2D eigenvalue weighted by Crippen LogP contribution is -2.29. The summed E-state index contributed by atoms with van der Waals surface area (Å²) in [5.41, 5.74) is 1.84. The summed E-state index contributed by atoms with van der Waals surface area (Å²) in [5.74, 6) is 0.747. The van der Waals surface area contributed by atoms with E-state index in [9.17, 15) is 4.79 Å². The largest absolute Gasteiger partial charge is 0.489 e. The van der Waals surface area contributed by atoms with E-state index in [1.54, 1.807) is 0 Å². The Morgan fingerprint density at radius 2 is 1.50 bits per heavy atom. The Bertz CT molecular complexity index is 854. The molecule has 6 heteroatoms. The highest BCUT2D eigenvalue weighted by Gasteiger charge is 2.30. The second-order valence-corrected chi connectivity index (χ2v) is 8.65. The highest BCUT2D eigenvalue weighted by atomic mass is 16.7. The van der Waals surface area contributed by atoms with Crippen molar-refractivity contribution in [3.05, 3.63) is 60.2 Å². The Morgan fingerprint density at radius 1 is 0.853 bits per heavy atom. The zero-order valence-electron chi connectivity index (χ0n) is 20.4. The quantitative estimate of drug-likeness (QED) is 0.200. The summed E-state index contributed by atoms with van der Waals surface area (Å²) in [6.07, 6.45) is 12.7. The van der Waals surface area contributed by atoms with Gasteiger partial charge in [0.25, 0.3) is 6.23 Å². The van der Waals surface area contributed by atoms with Crippen LogP contribution in [0.3, 0.4) is 0 Å². The topological polar surface area (TPSA) is 60.4 Å². The number of hydrogen-bond acceptors (Lipinski definition) is 6. The van der Waals surface area contributed by atoms with Gasteiger partial charge in [-0.3, -0.25) is 4.79 Å². The maximum atomic E-state index is 11.5. The monoisotopic (exact) mass is 466 g/mol. The number of carbonyl (C=O) groups excluding carboxylic acids is 1. The molecule has 184 valence electrons. The number of unbranched alkanes of at least 4 members (excludes halogenated alkanes) is 9. The Labute approximate surface area is 203 Å². The molecule has 1 aliphatic rings. The number of hydrogen-bond donors (Lipinski definition) is 0. The van der Waals surface area contributed by atoms with Gasteiger partial charge in [0, 0.05) is 0 Å². The number of anilines is 1. The molecular weight excluding hydrogens is 428 g/mol. The third kappa shape index (κ3) is 8.73. The van der Waals surface area contributed by atoms with Gasteiger partial charge in [0.1, 0.15) is 12.4 Å². The van der Waals surface area contributed by atoms with Crippen molar-refractivity contribution >= 4 is 18.1 Å². The number of benzene rings is 2. The van der Waals surface area contributed by atoms with Gasteiger partial charge < -0.3 is 14.2 Å². The molecule has 1 aliphatic heterocycles. The lowest BCUT2D eigenvalue weighted by Gasteiger charge is -2.17. The standard InChI is InChI=1S/C28H38N2O4/c1-2-3-4-5-6-7-8-9-10-14-21-32-28-29-30(27(22-31)34-28)25-17-19-26(20-18-25)33-23-24-15-12-11-13-16-24/h11-13,15-20,22,27H,2-10,14,21,23H2,1H3. The second kappa shape index (κ2) is 15.0. The van der Waals surface area contributed by atoms with Crippen molar-refractivity contribution < 1.29 is 19.0 Å². The molecule has 0 bridgehead atoms. The van der Waals surface area contributed by atoms with Crippen molar-refractivity contribution in [1.29, 1.82) is 0 Å². The molecule has 3 rings (SSSR count). The Balaban J connectivity index is 1.36. The summed E-state index contributed by atoms with van der Waals surface area (Å²) < 4.78 is 17.1. The van der Waals surface area contributed by atoms with Crippen molar-refractivity contribution in [3.63, 3.8) is 0 Å². The summed E-state index contributed by atoms with van der Waals surface area (Å²) >= 11 is 0. The lowest BCUT2D eigenvalue weighted by atomic mass is 10.1. The first-order chi connectivity index (χ1) is 16.8. The first kappa shape index (κ1) is 25.6. The normalized spacial score (nSPS) is 15.0. The van der Waals surface area contributed by atoms with E-state index in [1.807, 2.05) is 54.6 Å². The van der Waals surface area contributed by atoms with E-state index in [0.29, 0.717) is 13.2 Å². The number of carbonyl (C=O) groups is 1. The molecule has 0 N–H and O–H groups in total. The van der Waals surface area contributed by atoms with E-state index in [4.69, 9.17) is 14.2 Å². The molecule has 1 heterocycles. The van der Waals surface area contributed by atoms with Crippen LogP contribution in [0.5, 0.6) is 5.75 Å². The molecule has 2 aromatic rings. The van der Waals surface area contributed by atoms with E-state index in [-0.39, 0.29) is 6.08 Å². The molecule has 0 radical (unpaired) electrons. The summed E-state index contributed by atoms with van der Waals surface area (Å²) in [6, 6.07) is 17.4. The van der Waals surface area contributed by atoms with Crippen LogP contribution in [0.25, 0.3) is 0 Å². The van der Waals surface area contributed by atoms with Gasteiger partial charge in [-0.1, -0.05) is 100 Å². The molecule has 34 heavy (non-hydrogen) atoms. The molecule has 0 aromatic heterocycles. The fraction of sp³-hybridized carbons (Fsp3) is 0.500. The average molecular weight is 467 g/mol. The van der Waals surface area contributed by atoms with E-state index in [1.165, 1.54) is 56.4 Å². The van der Waals surface area contributed by atoms with Crippen molar-refractivity contribution in [2.24, 2.45) is 5.10 Å². The smallest absolute Gasteiger partial charge is 0.408 e. The number of hydrazone groups is 1. The van der Waals surface area contributed by atoms with Gasteiger partial charge in [-0.05, 0) is 36.2 Å². The third-order valence-corrected chi connectivity index (χ3v) is 5.84. The van der Waals surface area contributed by atoms with Gasteiger partial charge in [-0.15, -0.1) is 0 Å². The first-order valence-electron chi connectivity index (χ1n) is 12.7. The highest BCUT2D eigenvalue weighted by Crippen LogP contribution is 2.25. The van der Waals surface area contributed by atoms with Crippen LogP contribution >= 0.6 is 0 Å². The maximum absolute atomic E-state index is 11.5. The number of rotatable bonds is 16. The fourth-order valence-corrected chi connectivity index (χ4v) is 3.86. The minimum atomic E-state index is -0.821. The number of aldehydes is 1. The average Bonchev–Trinajstić information content (AvgIpc) is 3.30. The van der Waals surface area contributed by atoms with Crippen LogP contribution in [0.2, 0.25) is 0 Å². The van der Waals surface area contributed by atoms with Crippen LogP contribution in [0.4, 0.5) is 5.69 Å². The van der Waals surface area contributed by atoms with Gasteiger partial charge in [0.15, 0.2) is 6.29 Å². The van der Waals surface area contributed by atoms with E-state index in [2.05, 4.69) is 12.0 Å². The molecule has 2 aromatic carbocycles. The first-order valence-corrected chi connectivity index (χ1v) is 12.7. The highest BCUT2D eigenvalue weighted by molar-refractivity contribution is 5.78. The van der Waals surface area contributed by atoms with Crippen LogP contribution in [0.1, 0.15) is 76.7 Å². The molecule has 0 aliphatic carbocycles. The summed E-state index contributed by atoms with van der Waals surface area (Å²) in [4.78, 5) is 11.5. The molecule has 0 fully saturated rings. The van der Waals surface area contributed by atoms with Crippen molar-refractivity contribution in [2.45, 2.75) is 84.0 Å². The van der Waals surface area contributed by atoms with E-state index >= 15 is 0 Å². The van der Waals surface area contributed by atoms with Crippen LogP contribution in [0, 0.1) is 0 Å². The van der Waals surface area contributed by atoms with Gasteiger partial charge in [0.2, 0.25) is 0 Å². The molecule has 6 nitrogen and oxygen atoms in total. The predicted octanol–water partition coefficient (Wildman–Crippen LogP) is 6.84. The van der Waals surface area contributed by atoms with Gasteiger partial charge in [-0.2, -0.15) is 0 Å². The Hall–Kier alpha value is -3.02. The van der Waals surface area contributed by atoms with Crippen LogP contribution in [-0.2, 0) is 20.9 Å². The number of ether oxygens (including phenoxy) is 3. The maximum Gasteiger partial charge on any atom is 0.408 e. The summed E-state index contributed by atoms with van der Waals surface area (Å²) in [6.45, 7) is 3.29. The van der Waals surface area contributed by atoms with Crippen molar-refractivity contribution in [1.82, 2.24) is 0 Å². The van der Waals surface area contributed by atoms with Crippen LogP contribution in [-0.4, -0.2) is 25.2 Å². The minimum Gasteiger partial charge on any atom is -0.489 e. The summed E-state index contributed by atoms with van der Waals surface area (Å²) in [7, 11) is 0. The molecule has 0 spiro atoms. The van der Waals surface area contributed by atoms with Crippen molar-refractivity contribution in [3.8, 4) is 5.75 Å².